The molecule has 0 spiro atoms. The summed E-state index contributed by atoms with van der Waals surface area (Å²) >= 11 is 0. The topological polar surface area (TPSA) is 55.8 Å². The van der Waals surface area contributed by atoms with Gasteiger partial charge in [-0.05, 0) is 69.2 Å². The highest BCUT2D eigenvalue weighted by atomic mass is 16.5. The first-order valence-corrected chi connectivity index (χ1v) is 12.2. The van der Waals surface area contributed by atoms with Gasteiger partial charge in [0.2, 0.25) is 0 Å². The molecule has 2 rings (SSSR count). The normalized spacial score (nSPS) is 17.9. The third kappa shape index (κ3) is 9.40. The van der Waals surface area contributed by atoms with Crippen molar-refractivity contribution in [3.05, 3.63) is 23.8 Å². The molecule has 4 nitrogen and oxygen atoms in total. The minimum atomic E-state index is -0.707. The van der Waals surface area contributed by atoms with Crippen molar-refractivity contribution in [2.24, 2.45) is 0 Å². The van der Waals surface area contributed by atoms with Crippen molar-refractivity contribution in [2.75, 3.05) is 6.61 Å². The number of benzene rings is 1. The smallest absolute Gasteiger partial charge is 0.303 e. The molecule has 1 unspecified atom stereocenters. The molecule has 0 saturated heterocycles. The lowest BCUT2D eigenvalue weighted by molar-refractivity contribution is -0.137. The van der Waals surface area contributed by atoms with Crippen LogP contribution in [0.5, 0.6) is 11.5 Å². The summed E-state index contributed by atoms with van der Waals surface area (Å²) in [4.78, 5) is 10.5. The maximum Gasteiger partial charge on any atom is 0.303 e. The van der Waals surface area contributed by atoms with Gasteiger partial charge in [0.05, 0.1) is 6.61 Å². The van der Waals surface area contributed by atoms with E-state index in [-0.39, 0.29) is 12.0 Å². The molecule has 0 radical (unpaired) electrons. The number of aryl methyl sites for hydroxylation is 1. The predicted molar refractivity (Wildman–Crippen MR) is 123 cm³/mol. The molecule has 1 heterocycles. The van der Waals surface area contributed by atoms with Crippen molar-refractivity contribution in [1.29, 1.82) is 0 Å². The molecule has 1 atom stereocenters. The van der Waals surface area contributed by atoms with Crippen LogP contribution in [0.4, 0.5) is 0 Å². The fraction of sp³-hybridized carbons (Fsp3) is 0.731. The van der Waals surface area contributed by atoms with Gasteiger partial charge in [0.25, 0.3) is 0 Å². The number of fused-ring (bicyclic) bond motifs is 1. The highest BCUT2D eigenvalue weighted by Gasteiger charge is 2.31. The van der Waals surface area contributed by atoms with Gasteiger partial charge >= 0.3 is 5.97 Å². The van der Waals surface area contributed by atoms with Crippen LogP contribution in [-0.4, -0.2) is 23.3 Å². The molecule has 0 aromatic heterocycles. The third-order valence-electron chi connectivity index (χ3n) is 6.17. The molecule has 0 aliphatic carbocycles. The number of ether oxygens (including phenoxy) is 2. The average molecular weight is 419 g/mol. The lowest BCUT2D eigenvalue weighted by atomic mass is 9.88. The Morgan fingerprint density at radius 2 is 1.73 bits per heavy atom. The Labute approximate surface area is 183 Å². The van der Waals surface area contributed by atoms with Gasteiger partial charge < -0.3 is 14.6 Å². The number of unbranched alkanes of at least 4 members (excludes halogenated alkanes) is 9. The first-order chi connectivity index (χ1) is 14.5. The summed E-state index contributed by atoms with van der Waals surface area (Å²) in [7, 11) is 0. The van der Waals surface area contributed by atoms with E-state index in [0.29, 0.717) is 6.61 Å². The van der Waals surface area contributed by atoms with Gasteiger partial charge in [0.1, 0.15) is 17.1 Å². The Morgan fingerprint density at radius 1 is 1.03 bits per heavy atom. The van der Waals surface area contributed by atoms with E-state index in [1.807, 2.05) is 6.07 Å². The van der Waals surface area contributed by atoms with Crippen molar-refractivity contribution >= 4 is 5.97 Å². The number of hydrogen-bond acceptors (Lipinski definition) is 3. The lowest BCUT2D eigenvalue weighted by Crippen LogP contribution is -2.36. The van der Waals surface area contributed by atoms with Crippen LogP contribution in [0.3, 0.4) is 0 Å². The molecule has 0 bridgehead atoms. The van der Waals surface area contributed by atoms with Crippen LogP contribution >= 0.6 is 0 Å². The number of rotatable bonds is 16. The molecule has 1 aromatic rings. The fourth-order valence-electron chi connectivity index (χ4n) is 4.21. The van der Waals surface area contributed by atoms with Crippen LogP contribution in [0, 0.1) is 0 Å². The van der Waals surface area contributed by atoms with E-state index in [1.54, 1.807) is 0 Å². The van der Waals surface area contributed by atoms with Gasteiger partial charge in [-0.1, -0.05) is 58.3 Å². The van der Waals surface area contributed by atoms with Crippen LogP contribution in [0.25, 0.3) is 0 Å². The van der Waals surface area contributed by atoms with E-state index in [0.717, 1.165) is 56.4 Å². The first-order valence-electron chi connectivity index (χ1n) is 12.2. The molecule has 1 N–H and O–H groups in total. The summed E-state index contributed by atoms with van der Waals surface area (Å²) in [6.07, 6.45) is 16.6. The Hall–Kier alpha value is -1.71. The predicted octanol–water partition coefficient (Wildman–Crippen LogP) is 7.32. The van der Waals surface area contributed by atoms with Crippen LogP contribution in [0.1, 0.15) is 109 Å². The van der Waals surface area contributed by atoms with Gasteiger partial charge in [-0.2, -0.15) is 0 Å². The Balaban J connectivity index is 1.66. The van der Waals surface area contributed by atoms with Crippen molar-refractivity contribution in [3.63, 3.8) is 0 Å². The Bertz CT molecular complexity index is 627. The van der Waals surface area contributed by atoms with Gasteiger partial charge in [-0.25, -0.2) is 0 Å². The molecule has 1 aliphatic rings. The number of hydrogen-bond donors (Lipinski definition) is 1. The number of carboxylic acids is 1. The summed E-state index contributed by atoms with van der Waals surface area (Å²) in [5, 5.41) is 8.65. The molecule has 4 heteroatoms. The zero-order valence-corrected chi connectivity index (χ0v) is 19.2. The minimum absolute atomic E-state index is 0.0330. The first kappa shape index (κ1) is 24.6. The maximum atomic E-state index is 10.5. The fourth-order valence-corrected chi connectivity index (χ4v) is 4.21. The lowest BCUT2D eigenvalue weighted by Gasteiger charge is -2.36. The van der Waals surface area contributed by atoms with Crippen LogP contribution < -0.4 is 9.47 Å². The van der Waals surface area contributed by atoms with E-state index in [4.69, 9.17) is 14.6 Å². The molecule has 1 aromatic carbocycles. The number of aliphatic carboxylic acids is 1. The summed E-state index contributed by atoms with van der Waals surface area (Å²) in [5.41, 5.74) is 1.22. The maximum absolute atomic E-state index is 10.5. The molecule has 0 saturated carbocycles. The van der Waals surface area contributed by atoms with E-state index in [9.17, 15) is 4.79 Å². The standard InChI is InChI=1S/C26H42O4/c1-3-4-5-6-7-9-12-18-26(2)19-17-22-21-23(15-16-24(22)30-26)29-20-13-10-8-11-14-25(27)28/h15-16,21H,3-14,17-20H2,1-2H3,(H,27,28). The van der Waals surface area contributed by atoms with Crippen molar-refractivity contribution in [3.8, 4) is 11.5 Å². The van der Waals surface area contributed by atoms with Gasteiger partial charge in [-0.3, -0.25) is 4.79 Å². The SMILES string of the molecule is CCCCCCCCCC1(C)CCc2cc(OCCCCCCC(=O)O)ccc2O1. The Kier molecular flexibility index (Phi) is 11.1. The number of carboxylic acid groups (broad SMARTS) is 1. The largest absolute Gasteiger partial charge is 0.494 e. The van der Waals surface area contributed by atoms with E-state index >= 15 is 0 Å². The number of carbonyl (C=O) groups is 1. The van der Waals surface area contributed by atoms with Gasteiger partial charge in [0, 0.05) is 6.42 Å². The van der Waals surface area contributed by atoms with Gasteiger partial charge in [-0.15, -0.1) is 0 Å². The summed E-state index contributed by atoms with van der Waals surface area (Å²) in [5.74, 6) is 1.23. The van der Waals surface area contributed by atoms with Crippen molar-refractivity contribution < 1.29 is 19.4 Å². The van der Waals surface area contributed by atoms with E-state index in [2.05, 4.69) is 26.0 Å². The Morgan fingerprint density at radius 3 is 2.50 bits per heavy atom. The van der Waals surface area contributed by atoms with Gasteiger partial charge in [0.15, 0.2) is 0 Å². The average Bonchev–Trinajstić information content (AvgIpc) is 2.72. The summed E-state index contributed by atoms with van der Waals surface area (Å²) in [6.45, 7) is 5.21. The minimum Gasteiger partial charge on any atom is -0.494 e. The molecule has 30 heavy (non-hydrogen) atoms. The second-order valence-corrected chi connectivity index (χ2v) is 9.10. The molecule has 170 valence electrons. The molecule has 1 aliphatic heterocycles. The van der Waals surface area contributed by atoms with Crippen molar-refractivity contribution in [1.82, 2.24) is 0 Å². The van der Waals surface area contributed by atoms with Crippen LogP contribution in [0.15, 0.2) is 18.2 Å². The third-order valence-corrected chi connectivity index (χ3v) is 6.17. The molecule has 0 fully saturated rings. The summed E-state index contributed by atoms with van der Waals surface area (Å²) in [6, 6.07) is 6.22. The zero-order valence-electron chi connectivity index (χ0n) is 19.2. The highest BCUT2D eigenvalue weighted by Crippen LogP contribution is 2.37. The highest BCUT2D eigenvalue weighted by molar-refractivity contribution is 5.66. The molecular formula is C26H42O4. The van der Waals surface area contributed by atoms with Crippen LogP contribution in [-0.2, 0) is 11.2 Å². The monoisotopic (exact) mass is 418 g/mol. The second kappa shape index (κ2) is 13.6. The van der Waals surface area contributed by atoms with Crippen LogP contribution in [0.2, 0.25) is 0 Å². The second-order valence-electron chi connectivity index (χ2n) is 9.10. The summed E-state index contributed by atoms with van der Waals surface area (Å²) < 4.78 is 12.3. The quantitative estimate of drug-likeness (QED) is 0.286. The molecular weight excluding hydrogens is 376 g/mol. The van der Waals surface area contributed by atoms with E-state index in [1.165, 1.54) is 50.5 Å². The zero-order chi connectivity index (χ0) is 21.7. The van der Waals surface area contributed by atoms with E-state index < -0.39 is 5.97 Å². The molecule has 0 amide bonds. The van der Waals surface area contributed by atoms with Crippen molar-refractivity contribution in [2.45, 2.75) is 116 Å².